The molecule has 2 N–H and O–H groups in total. The molecule has 2 amide bonds. The van der Waals surface area contributed by atoms with Crippen molar-refractivity contribution in [3.05, 3.63) is 65.7 Å². The maximum Gasteiger partial charge on any atom is 0.306 e. The van der Waals surface area contributed by atoms with Crippen molar-refractivity contribution in [2.75, 3.05) is 13.2 Å². The smallest absolute Gasteiger partial charge is 0.306 e. The molecule has 7 nitrogen and oxygen atoms in total. The number of esters is 1. The molecular weight excluding hydrogens is 408 g/mol. The summed E-state index contributed by atoms with van der Waals surface area (Å²) in [4.78, 5) is 35.8. The van der Waals surface area contributed by atoms with Crippen molar-refractivity contribution in [1.29, 1.82) is 0 Å². The Morgan fingerprint density at radius 3 is 2.28 bits per heavy atom. The third-order valence-corrected chi connectivity index (χ3v) is 4.67. The first kappa shape index (κ1) is 24.9. The minimum atomic E-state index is -0.465. The summed E-state index contributed by atoms with van der Waals surface area (Å²) in [7, 11) is 0. The lowest BCUT2D eigenvalue weighted by Crippen LogP contribution is -2.41. The van der Waals surface area contributed by atoms with Gasteiger partial charge in [0, 0.05) is 12.0 Å². The van der Waals surface area contributed by atoms with Gasteiger partial charge in [0.1, 0.15) is 5.75 Å². The molecule has 32 heavy (non-hydrogen) atoms. The van der Waals surface area contributed by atoms with Crippen LogP contribution in [0.1, 0.15) is 55.5 Å². The molecule has 0 bridgehead atoms. The fourth-order valence-corrected chi connectivity index (χ4v) is 2.77. The summed E-state index contributed by atoms with van der Waals surface area (Å²) in [6.07, 6.45) is 2.39. The molecule has 0 saturated heterocycles. The highest BCUT2D eigenvalue weighted by atomic mass is 16.5. The van der Waals surface area contributed by atoms with Gasteiger partial charge < -0.3 is 9.47 Å². The Morgan fingerprint density at radius 1 is 0.875 bits per heavy atom. The maximum absolute atomic E-state index is 12.1. The molecule has 2 aromatic carbocycles. The highest BCUT2D eigenvalue weighted by Crippen LogP contribution is 2.13. The average molecular weight is 441 g/mol. The Morgan fingerprint density at radius 2 is 1.59 bits per heavy atom. The summed E-state index contributed by atoms with van der Waals surface area (Å²) >= 11 is 0. The van der Waals surface area contributed by atoms with Crippen LogP contribution < -0.4 is 15.6 Å². The topological polar surface area (TPSA) is 93.7 Å². The van der Waals surface area contributed by atoms with E-state index >= 15 is 0 Å². The third kappa shape index (κ3) is 10.1. The number of rotatable bonds is 12. The van der Waals surface area contributed by atoms with Crippen LogP contribution in [-0.2, 0) is 20.7 Å². The van der Waals surface area contributed by atoms with Crippen LogP contribution in [0.4, 0.5) is 0 Å². The van der Waals surface area contributed by atoms with E-state index in [9.17, 15) is 14.4 Å². The lowest BCUT2D eigenvalue weighted by molar-refractivity contribution is -0.145. The normalized spacial score (nSPS) is 10.5. The number of hydrogen-bond donors (Lipinski definition) is 2. The van der Waals surface area contributed by atoms with Crippen LogP contribution in [0.3, 0.4) is 0 Å². The van der Waals surface area contributed by atoms with Gasteiger partial charge >= 0.3 is 5.97 Å². The number of hydrogen-bond acceptors (Lipinski definition) is 5. The molecule has 0 aliphatic rings. The molecule has 0 atom stereocenters. The first-order valence-corrected chi connectivity index (χ1v) is 11.0. The van der Waals surface area contributed by atoms with Crippen molar-refractivity contribution in [2.24, 2.45) is 5.92 Å². The molecule has 2 aromatic rings. The second-order valence-corrected chi connectivity index (χ2v) is 7.87. The van der Waals surface area contributed by atoms with Crippen LogP contribution in [0, 0.1) is 5.92 Å². The molecule has 0 aliphatic carbocycles. The highest BCUT2D eigenvalue weighted by Gasteiger charge is 2.10. The molecule has 0 aromatic heterocycles. The van der Waals surface area contributed by atoms with Crippen molar-refractivity contribution < 1.29 is 23.9 Å². The minimum absolute atomic E-state index is 0.0462. The molecule has 0 heterocycles. The minimum Gasteiger partial charge on any atom is -0.494 e. The lowest BCUT2D eigenvalue weighted by Gasteiger charge is -2.10. The molecule has 0 unspecified atom stereocenters. The van der Waals surface area contributed by atoms with Crippen LogP contribution >= 0.6 is 0 Å². The number of carbonyl (C=O) groups is 3. The molecule has 172 valence electrons. The number of benzene rings is 2. The Hall–Kier alpha value is -3.35. The lowest BCUT2D eigenvalue weighted by atomic mass is 10.1. The van der Waals surface area contributed by atoms with Gasteiger partial charge in [-0.2, -0.15) is 0 Å². The predicted octanol–water partition coefficient (Wildman–Crippen LogP) is 3.83. The number of carbonyl (C=O) groups excluding carboxylic acids is 3. The van der Waals surface area contributed by atoms with Gasteiger partial charge in [0.2, 0.25) is 5.91 Å². The maximum atomic E-state index is 12.1. The second kappa shape index (κ2) is 13.9. The summed E-state index contributed by atoms with van der Waals surface area (Å²) in [5, 5.41) is 0. The average Bonchev–Trinajstić information content (AvgIpc) is 2.80. The van der Waals surface area contributed by atoms with Gasteiger partial charge in [-0.15, -0.1) is 0 Å². The van der Waals surface area contributed by atoms with E-state index in [1.165, 1.54) is 5.56 Å². The van der Waals surface area contributed by atoms with Gasteiger partial charge in [0.15, 0.2) is 0 Å². The summed E-state index contributed by atoms with van der Waals surface area (Å²) < 4.78 is 10.8. The molecular formula is C25H32N2O5. The number of ether oxygens (including phenoxy) is 2. The Kier molecular flexibility index (Phi) is 10.8. The summed E-state index contributed by atoms with van der Waals surface area (Å²) in [6.45, 7) is 5.18. The SMILES string of the molecule is CC(C)CCOc1ccc(C(=O)NNC(=O)CCC(=O)OCCCc2ccccc2)cc1. The predicted molar refractivity (Wildman–Crippen MR) is 122 cm³/mol. The molecule has 0 aliphatic heterocycles. The van der Waals surface area contributed by atoms with Gasteiger partial charge in [0.05, 0.1) is 19.6 Å². The van der Waals surface area contributed by atoms with Crippen LogP contribution in [-0.4, -0.2) is 31.0 Å². The van der Waals surface area contributed by atoms with E-state index < -0.39 is 17.8 Å². The van der Waals surface area contributed by atoms with E-state index in [1.54, 1.807) is 24.3 Å². The van der Waals surface area contributed by atoms with Crippen molar-refractivity contribution in [2.45, 2.75) is 46.0 Å². The Bertz CT molecular complexity index is 850. The zero-order valence-electron chi connectivity index (χ0n) is 18.8. The van der Waals surface area contributed by atoms with E-state index in [0.717, 1.165) is 19.3 Å². The number of hydrazine groups is 1. The number of amides is 2. The fraction of sp³-hybridized carbons (Fsp3) is 0.400. The van der Waals surface area contributed by atoms with Gasteiger partial charge in [-0.1, -0.05) is 44.2 Å². The van der Waals surface area contributed by atoms with Crippen LogP contribution in [0.2, 0.25) is 0 Å². The molecule has 0 radical (unpaired) electrons. The van der Waals surface area contributed by atoms with Crippen molar-refractivity contribution >= 4 is 17.8 Å². The zero-order chi connectivity index (χ0) is 23.2. The number of nitrogens with one attached hydrogen (secondary N) is 2. The largest absolute Gasteiger partial charge is 0.494 e. The second-order valence-electron chi connectivity index (χ2n) is 7.87. The van der Waals surface area contributed by atoms with Crippen molar-refractivity contribution in [3.8, 4) is 5.75 Å². The molecule has 0 saturated carbocycles. The standard InChI is InChI=1S/C25H32N2O5/c1-19(2)16-18-31-22-12-10-21(11-13-22)25(30)27-26-23(28)14-15-24(29)32-17-6-9-20-7-4-3-5-8-20/h3-5,7-8,10-13,19H,6,9,14-18H2,1-2H3,(H,26,28)(H,27,30). The van der Waals surface area contributed by atoms with E-state index in [2.05, 4.69) is 24.7 Å². The third-order valence-electron chi connectivity index (χ3n) is 4.67. The summed E-state index contributed by atoms with van der Waals surface area (Å²) in [5.41, 5.74) is 6.22. The quantitative estimate of drug-likeness (QED) is 0.297. The Labute approximate surface area is 189 Å². The Balaban J connectivity index is 1.58. The molecule has 0 fully saturated rings. The highest BCUT2D eigenvalue weighted by molar-refractivity contribution is 5.95. The van der Waals surface area contributed by atoms with E-state index in [4.69, 9.17) is 9.47 Å². The zero-order valence-corrected chi connectivity index (χ0v) is 18.8. The van der Waals surface area contributed by atoms with Crippen LogP contribution in [0.25, 0.3) is 0 Å². The first-order valence-electron chi connectivity index (χ1n) is 11.0. The first-order chi connectivity index (χ1) is 15.4. The monoisotopic (exact) mass is 440 g/mol. The van der Waals surface area contributed by atoms with Gasteiger partial charge in [-0.3, -0.25) is 25.2 Å². The summed E-state index contributed by atoms with van der Waals surface area (Å²) in [6, 6.07) is 16.6. The molecule has 7 heteroatoms. The van der Waals surface area contributed by atoms with Crippen molar-refractivity contribution in [1.82, 2.24) is 10.9 Å². The van der Waals surface area contributed by atoms with E-state index in [-0.39, 0.29) is 12.8 Å². The summed E-state index contributed by atoms with van der Waals surface area (Å²) in [5.74, 6) is -0.102. The fourth-order valence-electron chi connectivity index (χ4n) is 2.77. The van der Waals surface area contributed by atoms with Crippen molar-refractivity contribution in [3.63, 3.8) is 0 Å². The van der Waals surface area contributed by atoms with E-state index in [0.29, 0.717) is 30.4 Å². The van der Waals surface area contributed by atoms with Gasteiger partial charge in [0.25, 0.3) is 5.91 Å². The van der Waals surface area contributed by atoms with Crippen LogP contribution in [0.5, 0.6) is 5.75 Å². The number of aryl methyl sites for hydroxylation is 1. The van der Waals surface area contributed by atoms with Crippen LogP contribution in [0.15, 0.2) is 54.6 Å². The van der Waals surface area contributed by atoms with Gasteiger partial charge in [-0.05, 0) is 55.0 Å². The molecule has 0 spiro atoms. The van der Waals surface area contributed by atoms with Gasteiger partial charge in [-0.25, -0.2) is 0 Å². The van der Waals surface area contributed by atoms with E-state index in [1.807, 2.05) is 30.3 Å². The molecule has 2 rings (SSSR count).